The molecule has 3 aromatic carbocycles. The maximum atomic E-state index is 13.3. The van der Waals surface area contributed by atoms with Crippen molar-refractivity contribution in [3.8, 4) is 5.75 Å². The van der Waals surface area contributed by atoms with Crippen molar-refractivity contribution < 1.29 is 18.3 Å². The van der Waals surface area contributed by atoms with Gasteiger partial charge in [0.25, 0.3) is 5.91 Å². The molecule has 166 valence electrons. The van der Waals surface area contributed by atoms with Crippen molar-refractivity contribution in [1.82, 2.24) is 9.73 Å². The van der Waals surface area contributed by atoms with Crippen LogP contribution in [0.4, 0.5) is 0 Å². The molecule has 0 atom stereocenters. The third kappa shape index (κ3) is 6.17. The summed E-state index contributed by atoms with van der Waals surface area (Å²) >= 11 is 9.49. The zero-order valence-corrected chi connectivity index (χ0v) is 19.8. The molecule has 0 aliphatic rings. The second-order valence-corrected chi connectivity index (χ2v) is 9.93. The van der Waals surface area contributed by atoms with E-state index in [2.05, 4.69) is 26.5 Å². The van der Waals surface area contributed by atoms with Crippen LogP contribution in [0.2, 0.25) is 5.02 Å². The lowest BCUT2D eigenvalue weighted by molar-refractivity contribution is -0.121. The highest BCUT2D eigenvalue weighted by Crippen LogP contribution is 2.23. The summed E-state index contributed by atoms with van der Waals surface area (Å²) in [7, 11) is -4.01. The number of benzene rings is 3. The number of halogens is 2. The van der Waals surface area contributed by atoms with Crippen molar-refractivity contribution in [2.75, 3.05) is 6.54 Å². The zero-order chi connectivity index (χ0) is 23.1. The van der Waals surface area contributed by atoms with Crippen molar-refractivity contribution in [1.29, 1.82) is 0 Å². The molecular weight excluding hydrogens is 518 g/mol. The van der Waals surface area contributed by atoms with Gasteiger partial charge in [0.05, 0.1) is 17.7 Å². The first-order valence-corrected chi connectivity index (χ1v) is 12.0. The van der Waals surface area contributed by atoms with Gasteiger partial charge in [-0.3, -0.25) is 4.79 Å². The molecular formula is C22H19BrClN3O4S. The molecule has 3 aromatic rings. The molecule has 0 bridgehead atoms. The minimum atomic E-state index is -4.01. The first kappa shape index (κ1) is 23.9. The minimum absolute atomic E-state index is 0.00339. The van der Waals surface area contributed by atoms with E-state index in [0.717, 1.165) is 8.78 Å². The number of hydrogen-bond donors (Lipinski definition) is 2. The maximum absolute atomic E-state index is 13.3. The molecule has 0 unspecified atom stereocenters. The van der Waals surface area contributed by atoms with Gasteiger partial charge in [-0.1, -0.05) is 57.9 Å². The maximum Gasteiger partial charge on any atom is 0.255 e. The van der Waals surface area contributed by atoms with Gasteiger partial charge in [-0.05, 0) is 48.0 Å². The van der Waals surface area contributed by atoms with Gasteiger partial charge in [0.2, 0.25) is 10.0 Å². The smallest absolute Gasteiger partial charge is 0.255 e. The zero-order valence-electron chi connectivity index (χ0n) is 16.7. The van der Waals surface area contributed by atoms with E-state index >= 15 is 0 Å². The van der Waals surface area contributed by atoms with E-state index in [1.165, 1.54) is 24.4 Å². The Bertz CT molecular complexity index is 1230. The fraction of sp³-hybridized carbons (Fsp3) is 0.0909. The predicted molar refractivity (Wildman–Crippen MR) is 127 cm³/mol. The van der Waals surface area contributed by atoms with Crippen LogP contribution < -0.4 is 5.43 Å². The highest BCUT2D eigenvalue weighted by molar-refractivity contribution is 9.10. The number of phenols is 1. The molecule has 0 aliphatic heterocycles. The van der Waals surface area contributed by atoms with E-state index in [1.807, 2.05) is 0 Å². The standard InChI is InChI=1S/C22H19BrClN3O4S/c23-18-9-11-19(12-10-18)32(30,31)27(14-17-6-1-3-7-20(17)24)15-22(29)26-25-13-16-5-2-4-8-21(16)28/h1-13,28H,14-15H2,(H,26,29)/b25-13+. The van der Waals surface area contributed by atoms with Gasteiger partial charge in [-0.2, -0.15) is 9.41 Å². The molecule has 0 heterocycles. The van der Waals surface area contributed by atoms with Gasteiger partial charge in [0, 0.05) is 21.6 Å². The van der Waals surface area contributed by atoms with E-state index in [9.17, 15) is 18.3 Å². The first-order chi connectivity index (χ1) is 15.3. The lowest BCUT2D eigenvalue weighted by Gasteiger charge is -2.22. The summed E-state index contributed by atoms with van der Waals surface area (Å²) in [6.07, 6.45) is 1.27. The Kier molecular flexibility index (Phi) is 8.03. The Balaban J connectivity index is 1.82. The van der Waals surface area contributed by atoms with Crippen LogP contribution in [0.3, 0.4) is 0 Å². The van der Waals surface area contributed by atoms with Crippen LogP contribution in [-0.4, -0.2) is 36.5 Å². The molecule has 3 rings (SSSR count). The van der Waals surface area contributed by atoms with E-state index < -0.39 is 22.5 Å². The Morgan fingerprint density at radius 3 is 2.41 bits per heavy atom. The number of carbonyl (C=O) groups is 1. The van der Waals surface area contributed by atoms with Crippen LogP contribution in [0.5, 0.6) is 5.75 Å². The van der Waals surface area contributed by atoms with Crippen molar-refractivity contribution in [3.05, 3.63) is 93.4 Å². The number of sulfonamides is 1. The Labute approximate surface area is 199 Å². The van der Waals surface area contributed by atoms with Crippen molar-refractivity contribution >= 4 is 49.7 Å². The summed E-state index contributed by atoms with van der Waals surface area (Å²) in [5.41, 5.74) is 3.26. The second-order valence-electron chi connectivity index (χ2n) is 6.67. The fourth-order valence-electron chi connectivity index (χ4n) is 2.76. The lowest BCUT2D eigenvalue weighted by Crippen LogP contribution is -2.39. The van der Waals surface area contributed by atoms with E-state index in [1.54, 1.807) is 54.6 Å². The molecule has 0 spiro atoms. The van der Waals surface area contributed by atoms with Gasteiger partial charge in [0.1, 0.15) is 5.75 Å². The molecule has 0 aliphatic carbocycles. The molecule has 32 heavy (non-hydrogen) atoms. The number of aromatic hydroxyl groups is 1. The topological polar surface area (TPSA) is 99.1 Å². The van der Waals surface area contributed by atoms with Crippen LogP contribution in [0.1, 0.15) is 11.1 Å². The summed E-state index contributed by atoms with van der Waals surface area (Å²) in [4.78, 5) is 12.5. The summed E-state index contributed by atoms with van der Waals surface area (Å²) < 4.78 is 28.3. The molecule has 0 aromatic heterocycles. The third-order valence-corrected chi connectivity index (χ3v) is 7.11. The predicted octanol–water partition coefficient (Wildman–Crippen LogP) is 4.15. The van der Waals surface area contributed by atoms with Crippen LogP contribution in [-0.2, 0) is 21.4 Å². The lowest BCUT2D eigenvalue weighted by atomic mass is 10.2. The van der Waals surface area contributed by atoms with E-state index in [4.69, 9.17) is 11.6 Å². The van der Waals surface area contributed by atoms with Crippen LogP contribution in [0.15, 0.2) is 87.3 Å². The van der Waals surface area contributed by atoms with Crippen LogP contribution >= 0.6 is 27.5 Å². The molecule has 2 N–H and O–H groups in total. The SMILES string of the molecule is O=C(CN(Cc1ccccc1Cl)S(=O)(=O)c1ccc(Br)cc1)N/N=C/c1ccccc1O. The largest absolute Gasteiger partial charge is 0.507 e. The molecule has 7 nitrogen and oxygen atoms in total. The number of phenolic OH excluding ortho intramolecular Hbond substituents is 1. The number of carbonyl (C=O) groups excluding carboxylic acids is 1. The average molecular weight is 537 g/mol. The number of rotatable bonds is 8. The molecule has 10 heteroatoms. The van der Waals surface area contributed by atoms with Gasteiger partial charge in [-0.25, -0.2) is 13.8 Å². The molecule has 0 fully saturated rings. The number of hydrogen-bond acceptors (Lipinski definition) is 5. The van der Waals surface area contributed by atoms with Crippen molar-refractivity contribution in [3.63, 3.8) is 0 Å². The number of para-hydroxylation sites is 1. The molecule has 1 amide bonds. The second kappa shape index (κ2) is 10.7. The molecule has 0 saturated carbocycles. The number of amides is 1. The number of nitrogens with zero attached hydrogens (tertiary/aromatic N) is 2. The molecule has 0 radical (unpaired) electrons. The van der Waals surface area contributed by atoms with Crippen LogP contribution in [0, 0.1) is 0 Å². The van der Waals surface area contributed by atoms with E-state index in [0.29, 0.717) is 16.1 Å². The highest BCUT2D eigenvalue weighted by Gasteiger charge is 2.27. The summed E-state index contributed by atoms with van der Waals surface area (Å²) in [6, 6.07) is 19.4. The van der Waals surface area contributed by atoms with Gasteiger partial charge in [0.15, 0.2) is 0 Å². The van der Waals surface area contributed by atoms with Crippen molar-refractivity contribution in [2.45, 2.75) is 11.4 Å². The Morgan fingerprint density at radius 2 is 1.72 bits per heavy atom. The highest BCUT2D eigenvalue weighted by atomic mass is 79.9. The molecule has 0 saturated heterocycles. The Morgan fingerprint density at radius 1 is 1.06 bits per heavy atom. The van der Waals surface area contributed by atoms with Gasteiger partial charge in [-0.15, -0.1) is 0 Å². The summed E-state index contributed by atoms with van der Waals surface area (Å²) in [5, 5.41) is 14.0. The fourth-order valence-corrected chi connectivity index (χ4v) is 4.60. The number of nitrogens with one attached hydrogen (secondary N) is 1. The normalized spacial score (nSPS) is 11.7. The number of hydrazone groups is 1. The third-order valence-electron chi connectivity index (χ3n) is 4.41. The van der Waals surface area contributed by atoms with Gasteiger partial charge >= 0.3 is 0 Å². The monoisotopic (exact) mass is 535 g/mol. The first-order valence-electron chi connectivity index (χ1n) is 9.36. The quantitative estimate of drug-likeness (QED) is 0.334. The Hall–Kier alpha value is -2.72. The summed E-state index contributed by atoms with van der Waals surface area (Å²) in [5.74, 6) is -0.645. The van der Waals surface area contributed by atoms with E-state index in [-0.39, 0.29) is 17.2 Å². The van der Waals surface area contributed by atoms with Crippen molar-refractivity contribution in [2.24, 2.45) is 5.10 Å². The van der Waals surface area contributed by atoms with Gasteiger partial charge < -0.3 is 5.11 Å². The van der Waals surface area contributed by atoms with Crippen LogP contribution in [0.25, 0.3) is 0 Å². The summed E-state index contributed by atoms with van der Waals surface area (Å²) in [6.45, 7) is -0.587. The average Bonchev–Trinajstić information content (AvgIpc) is 2.76. The minimum Gasteiger partial charge on any atom is -0.507 e.